The Labute approximate surface area is 108 Å². The number of likely N-dealkylation sites (N-methyl/N-ethyl adjacent to an activating group) is 1. The lowest BCUT2D eigenvalue weighted by molar-refractivity contribution is -0.140. The molecule has 2 N–H and O–H groups in total. The van der Waals surface area contributed by atoms with E-state index in [1.54, 1.807) is 7.05 Å². The Morgan fingerprint density at radius 2 is 1.78 bits per heavy atom. The molecular weight excluding hydrogens is 234 g/mol. The van der Waals surface area contributed by atoms with Gasteiger partial charge in [-0.25, -0.2) is 0 Å². The Morgan fingerprint density at radius 1 is 1.22 bits per heavy atom. The number of rotatable bonds is 5. The fourth-order valence-electron chi connectivity index (χ4n) is 1.93. The van der Waals surface area contributed by atoms with E-state index >= 15 is 0 Å². The lowest BCUT2D eigenvalue weighted by Crippen LogP contribution is -2.57. The Hall–Kier alpha value is -1.14. The van der Waals surface area contributed by atoms with Crippen molar-refractivity contribution in [3.63, 3.8) is 0 Å². The third kappa shape index (κ3) is 3.96. The number of carbonyl (C=O) groups excluding carboxylic acids is 1. The molecule has 0 aromatic rings. The zero-order chi connectivity index (χ0) is 13.8. The van der Waals surface area contributed by atoms with Crippen LogP contribution in [0.1, 0.15) is 20.3 Å². The minimum absolute atomic E-state index is 0.0999. The van der Waals surface area contributed by atoms with Gasteiger partial charge >= 0.3 is 5.97 Å². The maximum Gasteiger partial charge on any atom is 0.304 e. The maximum atomic E-state index is 12.2. The molecule has 18 heavy (non-hydrogen) atoms. The molecule has 104 valence electrons. The Kier molecular flexibility index (Phi) is 5.10. The number of aliphatic carboxylic acids is 1. The second-order valence-electron chi connectivity index (χ2n) is 5.15. The summed E-state index contributed by atoms with van der Waals surface area (Å²) in [5.74, 6) is -0.673. The van der Waals surface area contributed by atoms with Gasteiger partial charge in [-0.3, -0.25) is 14.5 Å². The van der Waals surface area contributed by atoms with E-state index < -0.39 is 11.5 Å². The van der Waals surface area contributed by atoms with E-state index in [4.69, 9.17) is 5.11 Å². The maximum absolute atomic E-state index is 12.2. The first-order chi connectivity index (χ1) is 8.36. The first-order valence-corrected chi connectivity index (χ1v) is 6.29. The SMILES string of the molecule is CNC(C)(C)C(=O)N1CCN(CCC(=O)O)CC1. The summed E-state index contributed by atoms with van der Waals surface area (Å²) in [4.78, 5) is 26.6. The lowest BCUT2D eigenvalue weighted by Gasteiger charge is -2.38. The van der Waals surface area contributed by atoms with Gasteiger partial charge in [0.05, 0.1) is 12.0 Å². The van der Waals surface area contributed by atoms with Gasteiger partial charge in [0.1, 0.15) is 0 Å². The minimum atomic E-state index is -0.773. The van der Waals surface area contributed by atoms with Gasteiger partial charge in [0.15, 0.2) is 0 Å². The van der Waals surface area contributed by atoms with E-state index in [1.807, 2.05) is 18.7 Å². The second-order valence-corrected chi connectivity index (χ2v) is 5.15. The largest absolute Gasteiger partial charge is 0.481 e. The average Bonchev–Trinajstić information content (AvgIpc) is 2.36. The van der Waals surface area contributed by atoms with Crippen LogP contribution in [0.15, 0.2) is 0 Å². The summed E-state index contributed by atoms with van der Waals surface area (Å²) in [5.41, 5.74) is -0.538. The second kappa shape index (κ2) is 6.15. The molecule has 1 aliphatic heterocycles. The smallest absolute Gasteiger partial charge is 0.304 e. The highest BCUT2D eigenvalue weighted by atomic mass is 16.4. The Morgan fingerprint density at radius 3 is 2.22 bits per heavy atom. The van der Waals surface area contributed by atoms with Crippen molar-refractivity contribution in [2.45, 2.75) is 25.8 Å². The van der Waals surface area contributed by atoms with Crippen molar-refractivity contribution in [3.05, 3.63) is 0 Å². The zero-order valence-electron chi connectivity index (χ0n) is 11.4. The number of amides is 1. The van der Waals surface area contributed by atoms with Crippen molar-refractivity contribution in [1.82, 2.24) is 15.1 Å². The van der Waals surface area contributed by atoms with Crippen LogP contribution < -0.4 is 5.32 Å². The number of carboxylic acids is 1. The third-order valence-corrected chi connectivity index (χ3v) is 3.46. The third-order valence-electron chi connectivity index (χ3n) is 3.46. The molecule has 1 saturated heterocycles. The number of nitrogens with one attached hydrogen (secondary N) is 1. The summed E-state index contributed by atoms with van der Waals surface area (Å²) in [5, 5.41) is 11.6. The first kappa shape index (κ1) is 14.9. The molecular formula is C12H23N3O3. The average molecular weight is 257 g/mol. The quantitative estimate of drug-likeness (QED) is 0.701. The highest BCUT2D eigenvalue weighted by Gasteiger charge is 2.32. The summed E-state index contributed by atoms with van der Waals surface area (Å²) in [7, 11) is 1.78. The number of nitrogens with zero attached hydrogens (tertiary/aromatic N) is 2. The van der Waals surface area contributed by atoms with Crippen LogP contribution in [0.25, 0.3) is 0 Å². The highest BCUT2D eigenvalue weighted by Crippen LogP contribution is 2.10. The molecule has 0 unspecified atom stereocenters. The van der Waals surface area contributed by atoms with Crippen molar-refractivity contribution in [2.24, 2.45) is 0 Å². The van der Waals surface area contributed by atoms with Gasteiger partial charge in [-0.2, -0.15) is 0 Å². The summed E-state index contributed by atoms with van der Waals surface area (Å²) in [6, 6.07) is 0. The molecule has 0 radical (unpaired) electrons. The topological polar surface area (TPSA) is 72.9 Å². The molecule has 0 aromatic heterocycles. The van der Waals surface area contributed by atoms with Gasteiger partial charge in [-0.15, -0.1) is 0 Å². The number of hydrogen-bond donors (Lipinski definition) is 2. The first-order valence-electron chi connectivity index (χ1n) is 6.29. The molecule has 0 spiro atoms. The van der Waals surface area contributed by atoms with E-state index in [0.29, 0.717) is 19.6 Å². The van der Waals surface area contributed by atoms with E-state index in [-0.39, 0.29) is 12.3 Å². The van der Waals surface area contributed by atoms with Crippen LogP contribution in [0.5, 0.6) is 0 Å². The fourth-order valence-corrected chi connectivity index (χ4v) is 1.93. The van der Waals surface area contributed by atoms with Crippen molar-refractivity contribution in [3.8, 4) is 0 Å². The van der Waals surface area contributed by atoms with Crippen molar-refractivity contribution >= 4 is 11.9 Å². The fraction of sp³-hybridized carbons (Fsp3) is 0.833. The molecule has 1 amide bonds. The van der Waals surface area contributed by atoms with Gasteiger partial charge in [-0.05, 0) is 20.9 Å². The van der Waals surface area contributed by atoms with Crippen molar-refractivity contribution in [2.75, 3.05) is 39.8 Å². The van der Waals surface area contributed by atoms with Crippen molar-refractivity contribution < 1.29 is 14.7 Å². The Bertz CT molecular complexity index is 310. The van der Waals surface area contributed by atoms with Crippen LogP contribution in [0.4, 0.5) is 0 Å². The minimum Gasteiger partial charge on any atom is -0.481 e. The number of carboxylic acid groups (broad SMARTS) is 1. The molecule has 1 heterocycles. The molecule has 0 saturated carbocycles. The number of piperazine rings is 1. The van der Waals surface area contributed by atoms with Crippen LogP contribution in [0, 0.1) is 0 Å². The molecule has 0 atom stereocenters. The van der Waals surface area contributed by atoms with Gasteiger partial charge in [-0.1, -0.05) is 0 Å². The molecule has 1 aliphatic rings. The zero-order valence-corrected chi connectivity index (χ0v) is 11.4. The van der Waals surface area contributed by atoms with E-state index in [9.17, 15) is 9.59 Å². The van der Waals surface area contributed by atoms with Crippen LogP contribution in [0.3, 0.4) is 0 Å². The molecule has 6 nitrogen and oxygen atoms in total. The Balaban J connectivity index is 2.39. The summed E-state index contributed by atoms with van der Waals surface area (Å²) in [6.07, 6.45) is 0.163. The summed E-state index contributed by atoms with van der Waals surface area (Å²) in [6.45, 7) is 7.13. The molecule has 6 heteroatoms. The molecule has 1 rings (SSSR count). The molecule has 0 aromatic carbocycles. The summed E-state index contributed by atoms with van der Waals surface area (Å²) < 4.78 is 0. The van der Waals surface area contributed by atoms with E-state index in [0.717, 1.165) is 13.1 Å². The predicted molar refractivity (Wildman–Crippen MR) is 68.4 cm³/mol. The molecule has 0 bridgehead atoms. The van der Waals surface area contributed by atoms with E-state index in [2.05, 4.69) is 10.2 Å². The monoisotopic (exact) mass is 257 g/mol. The standard InChI is InChI=1S/C12H23N3O3/c1-12(2,13-3)11(18)15-8-6-14(7-9-15)5-4-10(16)17/h13H,4-9H2,1-3H3,(H,16,17). The van der Waals surface area contributed by atoms with Crippen molar-refractivity contribution in [1.29, 1.82) is 0 Å². The van der Waals surface area contributed by atoms with Crippen LogP contribution >= 0.6 is 0 Å². The van der Waals surface area contributed by atoms with Crippen LogP contribution in [-0.2, 0) is 9.59 Å². The highest BCUT2D eigenvalue weighted by molar-refractivity contribution is 5.85. The molecule has 0 aliphatic carbocycles. The van der Waals surface area contributed by atoms with E-state index in [1.165, 1.54) is 0 Å². The van der Waals surface area contributed by atoms with Crippen LogP contribution in [0.2, 0.25) is 0 Å². The number of hydrogen-bond acceptors (Lipinski definition) is 4. The molecule has 1 fully saturated rings. The number of carbonyl (C=O) groups is 2. The normalized spacial score (nSPS) is 17.8. The predicted octanol–water partition coefficient (Wildman–Crippen LogP) is -0.397. The lowest BCUT2D eigenvalue weighted by atomic mass is 10.0. The van der Waals surface area contributed by atoms with Gasteiger partial charge in [0.2, 0.25) is 5.91 Å². The van der Waals surface area contributed by atoms with Crippen LogP contribution in [-0.4, -0.2) is 72.1 Å². The van der Waals surface area contributed by atoms with Gasteiger partial charge in [0, 0.05) is 32.7 Å². The van der Waals surface area contributed by atoms with Gasteiger partial charge in [0.25, 0.3) is 0 Å². The summed E-state index contributed by atoms with van der Waals surface area (Å²) >= 11 is 0. The van der Waals surface area contributed by atoms with Gasteiger partial charge < -0.3 is 15.3 Å².